The van der Waals surface area contributed by atoms with Crippen LogP contribution in [0.25, 0.3) is 10.9 Å². The van der Waals surface area contributed by atoms with E-state index < -0.39 is 60.2 Å². The Labute approximate surface area is 258 Å². The number of nitrogens with one attached hydrogen (secondary N) is 4. The summed E-state index contributed by atoms with van der Waals surface area (Å²) in [5.74, 6) is -5.44. The summed E-state index contributed by atoms with van der Waals surface area (Å²) >= 11 is 0. The van der Waals surface area contributed by atoms with Gasteiger partial charge >= 0.3 is 11.9 Å². The van der Waals surface area contributed by atoms with Gasteiger partial charge in [-0.25, -0.2) is 4.79 Å². The van der Waals surface area contributed by atoms with Crippen LogP contribution in [-0.4, -0.2) is 94.0 Å². The van der Waals surface area contributed by atoms with Crippen LogP contribution in [0.5, 0.6) is 0 Å². The highest BCUT2D eigenvalue weighted by molar-refractivity contribution is 5.95. The van der Waals surface area contributed by atoms with Crippen LogP contribution in [0, 0.1) is 0 Å². The van der Waals surface area contributed by atoms with E-state index >= 15 is 0 Å². The van der Waals surface area contributed by atoms with Crippen LogP contribution in [0.4, 0.5) is 0 Å². The minimum absolute atomic E-state index is 0.000965. The van der Waals surface area contributed by atoms with E-state index in [-0.39, 0.29) is 57.1 Å². The minimum Gasteiger partial charge on any atom is -0.481 e. The number of rotatable bonds is 19. The molecule has 4 atom stereocenters. The molecule has 0 aliphatic rings. The summed E-state index contributed by atoms with van der Waals surface area (Å²) in [6.45, 7) is 0.252. The molecule has 246 valence electrons. The molecule has 45 heavy (non-hydrogen) atoms. The molecule has 2 aromatic rings. The predicted octanol–water partition coefficient (Wildman–Crippen LogP) is -2.84. The van der Waals surface area contributed by atoms with Crippen LogP contribution < -0.4 is 44.6 Å². The highest BCUT2D eigenvalue weighted by Gasteiger charge is 2.31. The lowest BCUT2D eigenvalue weighted by Gasteiger charge is -2.25. The Kier molecular flexibility index (Phi) is 14.1. The number of aliphatic carboxylic acids is 2. The molecule has 0 radical (unpaired) electrons. The molecule has 1 aromatic carbocycles. The topological polar surface area (TPSA) is 333 Å². The van der Waals surface area contributed by atoms with Gasteiger partial charge in [-0.05, 0) is 37.3 Å². The molecule has 0 saturated heterocycles. The number of benzene rings is 1. The van der Waals surface area contributed by atoms with Gasteiger partial charge in [0, 0.05) is 36.6 Å². The van der Waals surface area contributed by atoms with Gasteiger partial charge in [0.1, 0.15) is 18.1 Å². The molecule has 1 heterocycles. The van der Waals surface area contributed by atoms with Crippen LogP contribution >= 0.6 is 0 Å². The summed E-state index contributed by atoms with van der Waals surface area (Å²) in [4.78, 5) is 73.4. The van der Waals surface area contributed by atoms with Gasteiger partial charge in [0.05, 0.1) is 12.5 Å². The molecule has 0 bridgehead atoms. The van der Waals surface area contributed by atoms with E-state index in [9.17, 15) is 29.1 Å². The van der Waals surface area contributed by atoms with Gasteiger partial charge in [0.15, 0.2) is 11.9 Å². The maximum Gasteiger partial charge on any atom is 0.326 e. The number of carbonyl (C=O) groups is 5. The second kappa shape index (κ2) is 17.7. The highest BCUT2D eigenvalue weighted by Crippen LogP contribution is 2.19. The number of carbonyl (C=O) groups excluding carboxylic acids is 3. The normalized spacial score (nSPS) is 13.4. The molecule has 0 saturated carbocycles. The second-order valence-corrected chi connectivity index (χ2v) is 10.2. The Morgan fingerprint density at radius 1 is 0.778 bits per heavy atom. The number of hydrogen-bond acceptors (Lipinski definition) is 8. The molecule has 3 amide bonds. The average molecular weight is 632 g/mol. The van der Waals surface area contributed by atoms with Crippen molar-refractivity contribution in [2.24, 2.45) is 38.7 Å². The first-order chi connectivity index (χ1) is 21.3. The zero-order chi connectivity index (χ0) is 33.5. The van der Waals surface area contributed by atoms with E-state index in [1.54, 1.807) is 12.3 Å². The van der Waals surface area contributed by atoms with Crippen LogP contribution in [-0.2, 0) is 30.4 Å². The van der Waals surface area contributed by atoms with Crippen molar-refractivity contribution in [3.05, 3.63) is 36.0 Å². The number of fused-ring (bicyclic) bond motifs is 1. The molecule has 18 nitrogen and oxygen atoms in total. The van der Waals surface area contributed by atoms with E-state index in [1.807, 2.05) is 18.2 Å². The quantitative estimate of drug-likeness (QED) is 0.0424. The van der Waals surface area contributed by atoms with Crippen molar-refractivity contribution in [2.75, 3.05) is 13.1 Å². The number of carboxylic acid groups (broad SMARTS) is 2. The Balaban J connectivity index is 2.30. The molecule has 1 aromatic heterocycles. The van der Waals surface area contributed by atoms with Crippen molar-refractivity contribution >= 4 is 52.5 Å². The highest BCUT2D eigenvalue weighted by atomic mass is 16.4. The van der Waals surface area contributed by atoms with E-state index in [0.29, 0.717) is 5.56 Å². The maximum absolute atomic E-state index is 13.6. The number of aromatic nitrogens is 1. The van der Waals surface area contributed by atoms with Gasteiger partial charge in [-0.2, -0.15) is 0 Å². The SMILES string of the molecule is NC(N)=NCCCC(NC(=O)C(CCCN=C(N)N)NC(=O)C(Cc1c[nH]c2ccccc12)NC(=O)C(N)CC(=O)O)C(=O)O. The van der Waals surface area contributed by atoms with Crippen molar-refractivity contribution < 1.29 is 34.2 Å². The summed E-state index contributed by atoms with van der Waals surface area (Å²) in [7, 11) is 0. The standard InChI is InChI=1S/C27H41N11O7/c28-16(12-21(39)40)22(41)38-20(11-14-13-35-17-6-2-1-5-15(14)17)24(43)36-18(7-3-9-33-26(29)30)23(42)37-19(25(44)45)8-4-10-34-27(31)32/h1-2,5-6,13,16,18-20,35H,3-4,7-12,28H2,(H,36,43)(H,37,42)(H,38,41)(H,39,40)(H,44,45)(H4,29,30,33)(H4,31,32,34). The van der Waals surface area contributed by atoms with E-state index in [1.165, 1.54) is 0 Å². The fourth-order valence-corrected chi connectivity index (χ4v) is 4.37. The lowest BCUT2D eigenvalue weighted by Crippen LogP contribution is -2.57. The first-order valence-electron chi connectivity index (χ1n) is 14.1. The summed E-state index contributed by atoms with van der Waals surface area (Å²) in [6, 6.07) is 1.92. The first-order valence-corrected chi connectivity index (χ1v) is 14.1. The van der Waals surface area contributed by atoms with Crippen LogP contribution in [0.3, 0.4) is 0 Å². The summed E-state index contributed by atoms with van der Waals surface area (Å²) < 4.78 is 0. The van der Waals surface area contributed by atoms with Crippen LogP contribution in [0.1, 0.15) is 37.7 Å². The van der Waals surface area contributed by atoms with Crippen molar-refractivity contribution in [1.29, 1.82) is 0 Å². The minimum atomic E-state index is -1.45. The molecule has 16 N–H and O–H groups in total. The van der Waals surface area contributed by atoms with Gasteiger partial charge in [0.2, 0.25) is 17.7 Å². The predicted molar refractivity (Wildman–Crippen MR) is 165 cm³/mol. The molecule has 0 aliphatic heterocycles. The summed E-state index contributed by atoms with van der Waals surface area (Å²) in [5.41, 5.74) is 28.5. The maximum atomic E-state index is 13.6. The second-order valence-electron chi connectivity index (χ2n) is 10.2. The number of nitrogens with zero attached hydrogens (tertiary/aromatic N) is 2. The van der Waals surface area contributed by atoms with Crippen LogP contribution in [0.2, 0.25) is 0 Å². The summed E-state index contributed by atoms with van der Waals surface area (Å²) in [6.07, 6.45) is 1.39. The van der Waals surface area contributed by atoms with E-state index in [0.717, 1.165) is 10.9 Å². The third-order valence-corrected chi connectivity index (χ3v) is 6.60. The molecule has 2 rings (SSSR count). The zero-order valence-electron chi connectivity index (χ0n) is 24.6. The number of H-pyrrole nitrogens is 1. The molecule has 4 unspecified atom stereocenters. The number of aromatic amines is 1. The van der Waals surface area contributed by atoms with E-state index in [2.05, 4.69) is 30.9 Å². The number of amides is 3. The average Bonchev–Trinajstić information content (AvgIpc) is 3.37. The molecular formula is C27H41N11O7. The van der Waals surface area contributed by atoms with Crippen LogP contribution in [0.15, 0.2) is 40.4 Å². The number of aliphatic imine (C=N–C) groups is 2. The number of hydrogen-bond donors (Lipinski definition) is 11. The van der Waals surface area contributed by atoms with Crippen molar-refractivity contribution in [3.8, 4) is 0 Å². The van der Waals surface area contributed by atoms with Crippen molar-refractivity contribution in [2.45, 2.75) is 62.7 Å². The lowest BCUT2D eigenvalue weighted by atomic mass is 10.0. The van der Waals surface area contributed by atoms with E-state index in [4.69, 9.17) is 33.8 Å². The largest absolute Gasteiger partial charge is 0.481 e. The Bertz CT molecular complexity index is 1400. The van der Waals surface area contributed by atoms with Gasteiger partial charge in [-0.3, -0.25) is 29.2 Å². The zero-order valence-corrected chi connectivity index (χ0v) is 24.6. The van der Waals surface area contributed by atoms with Gasteiger partial charge in [-0.1, -0.05) is 18.2 Å². The number of nitrogens with two attached hydrogens (primary N) is 5. The fourth-order valence-electron chi connectivity index (χ4n) is 4.37. The number of guanidine groups is 2. The van der Waals surface area contributed by atoms with Crippen molar-refractivity contribution in [3.63, 3.8) is 0 Å². The van der Waals surface area contributed by atoms with Crippen molar-refractivity contribution in [1.82, 2.24) is 20.9 Å². The number of carboxylic acids is 2. The molecule has 0 spiro atoms. The molecule has 18 heteroatoms. The Hall–Kier alpha value is -5.39. The Morgan fingerprint density at radius 2 is 1.31 bits per heavy atom. The molecular weight excluding hydrogens is 590 g/mol. The Morgan fingerprint density at radius 3 is 1.89 bits per heavy atom. The third-order valence-electron chi connectivity index (χ3n) is 6.60. The first kappa shape index (κ1) is 35.8. The molecule has 0 aliphatic carbocycles. The lowest BCUT2D eigenvalue weighted by molar-refractivity contribution is -0.142. The fraction of sp³-hybridized carbons (Fsp3) is 0.444. The summed E-state index contributed by atoms with van der Waals surface area (Å²) in [5, 5.41) is 27.0. The van der Waals surface area contributed by atoms with Gasteiger partial charge < -0.3 is 59.8 Å². The number of para-hydroxylation sites is 1. The third kappa shape index (κ3) is 12.4. The monoisotopic (exact) mass is 631 g/mol. The molecule has 0 fully saturated rings. The smallest absolute Gasteiger partial charge is 0.326 e. The van der Waals surface area contributed by atoms with Gasteiger partial charge in [0.25, 0.3) is 0 Å². The van der Waals surface area contributed by atoms with Gasteiger partial charge in [-0.15, -0.1) is 0 Å².